The summed E-state index contributed by atoms with van der Waals surface area (Å²) in [6, 6.07) is 7.61. The summed E-state index contributed by atoms with van der Waals surface area (Å²) in [5, 5.41) is 8.92. The van der Waals surface area contributed by atoms with Crippen LogP contribution in [0.1, 0.15) is 33.1 Å². The first-order valence-corrected chi connectivity index (χ1v) is 7.71. The first-order chi connectivity index (χ1) is 10.4. The van der Waals surface area contributed by atoms with Crippen LogP contribution >= 0.6 is 0 Å². The molecule has 1 amide bonds. The van der Waals surface area contributed by atoms with Crippen molar-refractivity contribution >= 4 is 23.3 Å². The van der Waals surface area contributed by atoms with Gasteiger partial charge in [-0.05, 0) is 37.1 Å². The first-order valence-electron chi connectivity index (χ1n) is 7.71. The van der Waals surface area contributed by atoms with Gasteiger partial charge in [0.15, 0.2) is 0 Å². The molecule has 22 heavy (non-hydrogen) atoms. The van der Waals surface area contributed by atoms with Crippen LogP contribution in [-0.2, 0) is 9.59 Å². The van der Waals surface area contributed by atoms with E-state index in [1.54, 1.807) is 4.90 Å². The maximum absolute atomic E-state index is 12.7. The van der Waals surface area contributed by atoms with Crippen LogP contribution in [0.2, 0.25) is 0 Å². The van der Waals surface area contributed by atoms with Crippen molar-refractivity contribution in [2.24, 2.45) is 5.92 Å². The highest BCUT2D eigenvalue weighted by Gasteiger charge is 2.23. The van der Waals surface area contributed by atoms with Gasteiger partial charge in [-0.2, -0.15) is 0 Å². The molecule has 0 spiro atoms. The second kappa shape index (κ2) is 8.41. The van der Waals surface area contributed by atoms with Crippen molar-refractivity contribution in [2.45, 2.75) is 33.1 Å². The van der Waals surface area contributed by atoms with Crippen LogP contribution < -0.4 is 9.80 Å². The minimum absolute atomic E-state index is 0.00357. The molecule has 0 aliphatic rings. The molecule has 0 bridgehead atoms. The molecule has 0 saturated carbocycles. The van der Waals surface area contributed by atoms with E-state index in [2.05, 4.69) is 0 Å². The molecule has 1 aromatic rings. The molecule has 0 saturated heterocycles. The van der Waals surface area contributed by atoms with Gasteiger partial charge in [-0.1, -0.05) is 13.8 Å². The fourth-order valence-electron chi connectivity index (χ4n) is 2.36. The molecule has 122 valence electrons. The Bertz CT molecular complexity index is 493. The Morgan fingerprint density at radius 1 is 1.05 bits per heavy atom. The van der Waals surface area contributed by atoms with Crippen molar-refractivity contribution in [2.75, 3.05) is 30.4 Å². The molecule has 1 rings (SSSR count). The molecule has 0 aliphatic heterocycles. The second-order valence-corrected chi connectivity index (χ2v) is 5.56. The molecule has 5 heteroatoms. The summed E-state index contributed by atoms with van der Waals surface area (Å²) in [5.74, 6) is -0.960. The van der Waals surface area contributed by atoms with Crippen LogP contribution in [0.15, 0.2) is 24.3 Å². The minimum atomic E-state index is -0.896. The Kier molecular flexibility index (Phi) is 6.89. The third kappa shape index (κ3) is 4.76. The quantitative estimate of drug-likeness (QED) is 0.802. The number of aliphatic carboxylic acids is 1. The third-order valence-electron chi connectivity index (χ3n) is 3.83. The fraction of sp³-hybridized carbons (Fsp3) is 0.529. The van der Waals surface area contributed by atoms with E-state index in [0.29, 0.717) is 0 Å². The Morgan fingerprint density at radius 3 is 1.95 bits per heavy atom. The summed E-state index contributed by atoms with van der Waals surface area (Å²) in [7, 11) is 3.90. The highest BCUT2D eigenvalue weighted by atomic mass is 16.4. The standard InChI is InChI=1S/C17H26N2O3/c1-5-13(6-2)17(22)19(12-11-16(20)21)15-9-7-14(8-10-15)18(3)4/h7-10,13H,5-6,11-12H2,1-4H3,(H,20,21). The normalized spacial score (nSPS) is 10.6. The lowest BCUT2D eigenvalue weighted by molar-refractivity contribution is -0.136. The van der Waals surface area contributed by atoms with E-state index >= 15 is 0 Å². The topological polar surface area (TPSA) is 60.9 Å². The minimum Gasteiger partial charge on any atom is -0.481 e. The number of amides is 1. The molecule has 0 atom stereocenters. The summed E-state index contributed by atoms with van der Waals surface area (Å²) in [6.45, 7) is 4.17. The van der Waals surface area contributed by atoms with Crippen LogP contribution in [0.5, 0.6) is 0 Å². The van der Waals surface area contributed by atoms with Gasteiger partial charge in [0.2, 0.25) is 5.91 Å². The van der Waals surface area contributed by atoms with E-state index in [9.17, 15) is 9.59 Å². The van der Waals surface area contributed by atoms with E-state index in [1.165, 1.54) is 0 Å². The molecule has 0 aromatic heterocycles. The van der Waals surface area contributed by atoms with Crippen LogP contribution in [0.25, 0.3) is 0 Å². The predicted molar refractivity (Wildman–Crippen MR) is 89.4 cm³/mol. The molecule has 1 N–H and O–H groups in total. The van der Waals surface area contributed by atoms with Gasteiger partial charge in [0.05, 0.1) is 6.42 Å². The number of carboxylic acid groups (broad SMARTS) is 1. The van der Waals surface area contributed by atoms with Gasteiger partial charge in [0.25, 0.3) is 0 Å². The van der Waals surface area contributed by atoms with Gasteiger partial charge in [0.1, 0.15) is 0 Å². The number of anilines is 2. The number of hydrogen-bond acceptors (Lipinski definition) is 3. The summed E-state index contributed by atoms with van der Waals surface area (Å²) < 4.78 is 0. The second-order valence-electron chi connectivity index (χ2n) is 5.56. The molecule has 1 aromatic carbocycles. The number of carboxylic acids is 1. The van der Waals surface area contributed by atoms with Gasteiger partial charge in [-0.25, -0.2) is 0 Å². The highest BCUT2D eigenvalue weighted by Crippen LogP contribution is 2.23. The molecule has 0 unspecified atom stereocenters. The van der Waals surface area contributed by atoms with E-state index in [1.807, 2.05) is 57.1 Å². The average molecular weight is 306 g/mol. The number of carbonyl (C=O) groups is 2. The zero-order valence-corrected chi connectivity index (χ0v) is 13.9. The van der Waals surface area contributed by atoms with Crippen molar-refractivity contribution in [3.8, 4) is 0 Å². The van der Waals surface area contributed by atoms with Gasteiger partial charge in [0, 0.05) is 37.9 Å². The Balaban J connectivity index is 3.02. The van der Waals surface area contributed by atoms with E-state index in [4.69, 9.17) is 5.11 Å². The molecular weight excluding hydrogens is 280 g/mol. The smallest absolute Gasteiger partial charge is 0.305 e. The van der Waals surface area contributed by atoms with E-state index in [0.717, 1.165) is 24.2 Å². The van der Waals surface area contributed by atoms with Crippen LogP contribution in [0.4, 0.5) is 11.4 Å². The molecule has 0 heterocycles. The highest BCUT2D eigenvalue weighted by molar-refractivity contribution is 5.95. The lowest BCUT2D eigenvalue weighted by Crippen LogP contribution is -2.37. The molecule has 0 aliphatic carbocycles. The lowest BCUT2D eigenvalue weighted by Gasteiger charge is -2.26. The third-order valence-corrected chi connectivity index (χ3v) is 3.83. The Hall–Kier alpha value is -2.04. The Labute approximate surface area is 132 Å². The van der Waals surface area contributed by atoms with Crippen LogP contribution in [0.3, 0.4) is 0 Å². The molecule has 5 nitrogen and oxygen atoms in total. The summed E-state index contributed by atoms with van der Waals surface area (Å²) in [4.78, 5) is 27.1. The summed E-state index contributed by atoms with van der Waals surface area (Å²) in [6.07, 6.45) is 1.46. The van der Waals surface area contributed by atoms with Crippen LogP contribution in [-0.4, -0.2) is 37.6 Å². The monoisotopic (exact) mass is 306 g/mol. The molecule has 0 radical (unpaired) electrons. The van der Waals surface area contributed by atoms with Gasteiger partial charge in [-0.15, -0.1) is 0 Å². The van der Waals surface area contributed by atoms with Gasteiger partial charge < -0.3 is 14.9 Å². The van der Waals surface area contributed by atoms with E-state index in [-0.39, 0.29) is 24.8 Å². The number of rotatable bonds is 8. The van der Waals surface area contributed by atoms with E-state index < -0.39 is 5.97 Å². The SMILES string of the molecule is CCC(CC)C(=O)N(CCC(=O)O)c1ccc(N(C)C)cc1. The van der Waals surface area contributed by atoms with Crippen molar-refractivity contribution < 1.29 is 14.7 Å². The van der Waals surface area contributed by atoms with Crippen molar-refractivity contribution in [3.05, 3.63) is 24.3 Å². The number of carbonyl (C=O) groups excluding carboxylic acids is 1. The zero-order valence-electron chi connectivity index (χ0n) is 13.9. The van der Waals surface area contributed by atoms with Gasteiger partial charge in [-0.3, -0.25) is 9.59 Å². The summed E-state index contributed by atoms with van der Waals surface area (Å²) in [5.41, 5.74) is 1.79. The van der Waals surface area contributed by atoms with Gasteiger partial charge >= 0.3 is 5.97 Å². The van der Waals surface area contributed by atoms with Crippen molar-refractivity contribution in [1.82, 2.24) is 0 Å². The largest absolute Gasteiger partial charge is 0.481 e. The lowest BCUT2D eigenvalue weighted by atomic mass is 10.0. The Morgan fingerprint density at radius 2 is 1.55 bits per heavy atom. The van der Waals surface area contributed by atoms with Crippen LogP contribution in [0, 0.1) is 5.92 Å². The first kappa shape index (κ1) is 18.0. The average Bonchev–Trinajstić information content (AvgIpc) is 2.49. The maximum atomic E-state index is 12.7. The summed E-state index contributed by atoms with van der Waals surface area (Å²) >= 11 is 0. The number of hydrogen-bond donors (Lipinski definition) is 1. The van der Waals surface area contributed by atoms with Crippen molar-refractivity contribution in [3.63, 3.8) is 0 Å². The zero-order chi connectivity index (χ0) is 16.7. The maximum Gasteiger partial charge on any atom is 0.305 e. The van der Waals surface area contributed by atoms with Crippen molar-refractivity contribution in [1.29, 1.82) is 0 Å². The predicted octanol–water partition coefficient (Wildman–Crippen LogP) is 3.00. The number of benzene rings is 1. The molecular formula is C17H26N2O3. The molecule has 0 fully saturated rings. The number of nitrogens with zero attached hydrogens (tertiary/aromatic N) is 2. The fourth-order valence-corrected chi connectivity index (χ4v) is 2.36.